The van der Waals surface area contributed by atoms with Crippen LogP contribution >= 0.6 is 12.2 Å². The molecule has 0 radical (unpaired) electrons. The number of nitrogens with one attached hydrogen (secondary N) is 2. The van der Waals surface area contributed by atoms with E-state index in [-0.39, 0.29) is 22.6 Å². The minimum absolute atomic E-state index is 0.0324. The Morgan fingerprint density at radius 3 is 1.74 bits per heavy atom. The number of anilines is 3. The van der Waals surface area contributed by atoms with E-state index >= 15 is 0 Å². The molecule has 0 unspecified atom stereocenters. The summed E-state index contributed by atoms with van der Waals surface area (Å²) in [5.41, 5.74) is 4.58. The molecule has 9 heteroatoms. The third kappa shape index (κ3) is 6.86. The number of nitro benzene ring substituents is 1. The third-order valence-corrected chi connectivity index (χ3v) is 6.40. The molecule has 0 aliphatic heterocycles. The molecule has 0 saturated carbocycles. The Hall–Kier alpha value is -3.98. The molecule has 0 aliphatic rings. The van der Waals surface area contributed by atoms with Crippen LogP contribution in [-0.2, 0) is 4.79 Å². The number of carbonyl (C=O) groups excluding carboxylic acids is 1. The van der Waals surface area contributed by atoms with Gasteiger partial charge in [0.2, 0.25) is 5.91 Å². The zero-order valence-corrected chi connectivity index (χ0v) is 23.7. The maximum Gasteiger partial charge on any atom is 0.269 e. The molecule has 1 amide bonds. The van der Waals surface area contributed by atoms with Crippen LogP contribution < -0.4 is 20.4 Å². The van der Waals surface area contributed by atoms with Crippen LogP contribution in [0.25, 0.3) is 0 Å². The highest BCUT2D eigenvalue weighted by Gasteiger charge is 2.25. The zero-order valence-electron chi connectivity index (χ0n) is 22.9. The van der Waals surface area contributed by atoms with Crippen molar-refractivity contribution >= 4 is 46.0 Å². The molecule has 0 saturated heterocycles. The van der Waals surface area contributed by atoms with Crippen molar-refractivity contribution in [1.29, 1.82) is 0 Å². The highest BCUT2D eigenvalue weighted by molar-refractivity contribution is 7.80. The summed E-state index contributed by atoms with van der Waals surface area (Å²) in [6, 6.07) is 20.9. The summed E-state index contributed by atoms with van der Waals surface area (Å²) < 4.78 is 0. The quantitative estimate of drug-likeness (QED) is 0.173. The van der Waals surface area contributed by atoms with Crippen molar-refractivity contribution in [3.05, 3.63) is 93.5 Å². The average Bonchev–Trinajstić information content (AvgIpc) is 2.85. The number of benzene rings is 3. The highest BCUT2D eigenvalue weighted by Crippen LogP contribution is 2.39. The predicted molar refractivity (Wildman–Crippen MR) is 159 cm³/mol. The van der Waals surface area contributed by atoms with E-state index < -0.39 is 10.3 Å². The van der Waals surface area contributed by atoms with Gasteiger partial charge < -0.3 is 20.4 Å². The number of hydrogen-bond acceptors (Lipinski definition) is 6. The molecule has 3 rings (SSSR count). The molecule has 0 aromatic heterocycles. The van der Waals surface area contributed by atoms with Crippen LogP contribution in [-0.4, -0.2) is 44.1 Å². The van der Waals surface area contributed by atoms with Gasteiger partial charge in [0.1, 0.15) is 0 Å². The number of nitro groups is 1. The summed E-state index contributed by atoms with van der Waals surface area (Å²) >= 11 is 5.45. The van der Waals surface area contributed by atoms with Gasteiger partial charge in [-0.15, -0.1) is 0 Å². The smallest absolute Gasteiger partial charge is 0.269 e. The van der Waals surface area contributed by atoms with Gasteiger partial charge in [-0.05, 0) is 59.2 Å². The fraction of sp³-hybridized carbons (Fsp3) is 0.310. The Bertz CT molecular complexity index is 1260. The molecule has 0 fully saturated rings. The van der Waals surface area contributed by atoms with Crippen LogP contribution in [0, 0.1) is 15.5 Å². The van der Waals surface area contributed by atoms with Gasteiger partial charge in [0, 0.05) is 68.7 Å². The third-order valence-electron chi connectivity index (χ3n) is 6.20. The zero-order chi connectivity index (χ0) is 28.2. The van der Waals surface area contributed by atoms with Gasteiger partial charge in [-0.3, -0.25) is 14.9 Å². The minimum Gasteiger partial charge on any atom is -0.378 e. The van der Waals surface area contributed by atoms with Crippen LogP contribution in [0.15, 0.2) is 66.7 Å². The van der Waals surface area contributed by atoms with Crippen LogP contribution in [0.2, 0.25) is 0 Å². The minimum atomic E-state index is -0.630. The standard InChI is InChI=1S/C29H35N5O3S/c1-29(2,3)27(35)31-28(38)30-25-17-16-23(34(36)37)18-24(25)26(19-8-12-21(13-9-19)32(4)5)20-10-14-22(15-11-20)33(6)7/h8-18,26H,1-7H3,(H2,30,31,35,38). The molecule has 3 aromatic carbocycles. The Morgan fingerprint density at radius 1 is 0.868 bits per heavy atom. The van der Waals surface area contributed by atoms with Gasteiger partial charge in [-0.2, -0.15) is 0 Å². The predicted octanol–water partition coefficient (Wildman–Crippen LogP) is 5.77. The Labute approximate surface area is 229 Å². The van der Waals surface area contributed by atoms with Crippen LogP contribution in [0.3, 0.4) is 0 Å². The van der Waals surface area contributed by atoms with E-state index in [9.17, 15) is 14.9 Å². The van der Waals surface area contributed by atoms with Gasteiger partial charge >= 0.3 is 0 Å². The van der Waals surface area contributed by atoms with Crippen LogP contribution in [0.4, 0.5) is 22.7 Å². The Kier molecular flexibility index (Phi) is 8.73. The molecule has 38 heavy (non-hydrogen) atoms. The maximum atomic E-state index is 12.5. The van der Waals surface area contributed by atoms with Crippen molar-refractivity contribution in [3.63, 3.8) is 0 Å². The molecule has 0 atom stereocenters. The molecular weight excluding hydrogens is 498 g/mol. The second kappa shape index (κ2) is 11.6. The first-order valence-electron chi connectivity index (χ1n) is 12.2. The number of thiocarbonyl (C=S) groups is 1. The SMILES string of the molecule is CN(C)c1ccc(C(c2ccc(N(C)C)cc2)c2cc([N+](=O)[O-])ccc2NC(=S)NC(=O)C(C)(C)C)cc1. The van der Waals surface area contributed by atoms with Crippen molar-refractivity contribution in [2.75, 3.05) is 43.3 Å². The van der Waals surface area contributed by atoms with E-state index in [1.807, 2.05) is 86.5 Å². The van der Waals surface area contributed by atoms with E-state index in [1.54, 1.807) is 32.9 Å². The topological polar surface area (TPSA) is 90.8 Å². The molecular formula is C29H35N5O3S. The van der Waals surface area contributed by atoms with Gasteiger partial charge in [-0.1, -0.05) is 45.0 Å². The summed E-state index contributed by atoms with van der Waals surface area (Å²) in [6.45, 7) is 5.40. The first kappa shape index (κ1) is 28.6. The first-order chi connectivity index (χ1) is 17.8. The van der Waals surface area contributed by atoms with Gasteiger partial charge in [0.05, 0.1) is 4.92 Å². The number of amides is 1. The Balaban J connectivity index is 2.16. The van der Waals surface area contributed by atoms with Crippen molar-refractivity contribution in [3.8, 4) is 0 Å². The monoisotopic (exact) mass is 533 g/mol. The van der Waals surface area contributed by atoms with Crippen molar-refractivity contribution < 1.29 is 9.72 Å². The summed E-state index contributed by atoms with van der Waals surface area (Å²) in [4.78, 5) is 27.9. The van der Waals surface area contributed by atoms with E-state index in [0.717, 1.165) is 22.5 Å². The van der Waals surface area contributed by atoms with E-state index in [1.165, 1.54) is 6.07 Å². The number of carbonyl (C=O) groups is 1. The molecule has 0 bridgehead atoms. The second-order valence-corrected chi connectivity index (χ2v) is 11.0. The lowest BCUT2D eigenvalue weighted by Crippen LogP contribution is -2.41. The average molecular weight is 534 g/mol. The summed E-state index contributed by atoms with van der Waals surface area (Å²) in [5.74, 6) is -0.570. The number of non-ortho nitro benzene ring substituents is 1. The molecule has 0 aliphatic carbocycles. The molecule has 8 nitrogen and oxygen atoms in total. The number of hydrogen-bond donors (Lipinski definition) is 2. The van der Waals surface area contributed by atoms with E-state index in [0.29, 0.717) is 11.3 Å². The fourth-order valence-electron chi connectivity index (χ4n) is 3.94. The van der Waals surface area contributed by atoms with E-state index in [2.05, 4.69) is 10.6 Å². The molecule has 0 spiro atoms. The number of nitrogens with zero attached hydrogens (tertiary/aromatic N) is 3. The molecule has 3 aromatic rings. The van der Waals surface area contributed by atoms with Crippen LogP contribution in [0.1, 0.15) is 43.4 Å². The lowest BCUT2D eigenvalue weighted by Gasteiger charge is -2.25. The van der Waals surface area contributed by atoms with Gasteiger partial charge in [0.25, 0.3) is 5.69 Å². The lowest BCUT2D eigenvalue weighted by atomic mass is 9.83. The molecule has 0 heterocycles. The highest BCUT2D eigenvalue weighted by atomic mass is 32.1. The summed E-state index contributed by atoms with van der Waals surface area (Å²) in [5, 5.41) is 17.7. The van der Waals surface area contributed by atoms with E-state index in [4.69, 9.17) is 12.2 Å². The Morgan fingerprint density at radius 2 is 1.34 bits per heavy atom. The second-order valence-electron chi connectivity index (χ2n) is 10.6. The molecule has 200 valence electrons. The molecule has 2 N–H and O–H groups in total. The summed E-state index contributed by atoms with van der Waals surface area (Å²) in [7, 11) is 7.90. The van der Waals surface area contributed by atoms with Gasteiger partial charge in [-0.25, -0.2) is 0 Å². The van der Waals surface area contributed by atoms with Crippen molar-refractivity contribution in [2.24, 2.45) is 5.41 Å². The van der Waals surface area contributed by atoms with Crippen LogP contribution in [0.5, 0.6) is 0 Å². The normalized spacial score (nSPS) is 11.2. The fourth-order valence-corrected chi connectivity index (χ4v) is 4.14. The van der Waals surface area contributed by atoms with Crippen molar-refractivity contribution in [1.82, 2.24) is 5.32 Å². The first-order valence-corrected chi connectivity index (χ1v) is 12.6. The summed E-state index contributed by atoms with van der Waals surface area (Å²) in [6.07, 6.45) is 0. The lowest BCUT2D eigenvalue weighted by molar-refractivity contribution is -0.384. The maximum absolute atomic E-state index is 12.5. The largest absolute Gasteiger partial charge is 0.378 e. The van der Waals surface area contributed by atoms with Gasteiger partial charge in [0.15, 0.2) is 5.11 Å². The van der Waals surface area contributed by atoms with Crippen molar-refractivity contribution in [2.45, 2.75) is 26.7 Å². The number of rotatable bonds is 7.